The average Bonchev–Trinajstić information content (AvgIpc) is 2.20. The highest BCUT2D eigenvalue weighted by Crippen LogP contribution is 2.25. The maximum absolute atomic E-state index is 11.3. The van der Waals surface area contributed by atoms with Crippen molar-refractivity contribution in [2.75, 3.05) is 12.8 Å². The second-order valence-electron chi connectivity index (χ2n) is 3.28. The Balaban J connectivity index is 0.000000494. The van der Waals surface area contributed by atoms with E-state index in [0.717, 1.165) is 5.56 Å². The van der Waals surface area contributed by atoms with Crippen molar-refractivity contribution in [3.8, 4) is 0 Å². The monoisotopic (exact) mass is 296 g/mol. The molecule has 0 aliphatic rings. The second-order valence-corrected chi connectivity index (χ2v) is 4.74. The van der Waals surface area contributed by atoms with Gasteiger partial charge in [0, 0.05) is 17.8 Å². The summed E-state index contributed by atoms with van der Waals surface area (Å²) in [6, 6.07) is 3.28. The minimum absolute atomic E-state index is 0.219. The minimum atomic E-state index is -4.64. The third kappa shape index (κ3) is 6.58. The Morgan fingerprint density at radius 3 is 2.22 bits per heavy atom. The van der Waals surface area contributed by atoms with Crippen molar-refractivity contribution in [2.45, 2.75) is 6.92 Å². The SMILES string of the molecule is CNC(=O)c1cc(Cl)cc(C)c1N.O=P(O)(O)O. The van der Waals surface area contributed by atoms with Crippen LogP contribution in [-0.2, 0) is 4.57 Å². The Hall–Kier alpha value is -1.11. The molecule has 0 fully saturated rings. The molecule has 9 heteroatoms. The number of halogens is 1. The van der Waals surface area contributed by atoms with Gasteiger partial charge in [-0.2, -0.15) is 0 Å². The molecule has 0 heterocycles. The lowest BCUT2D eigenvalue weighted by Gasteiger charge is -2.07. The molecular formula is C9H14ClN2O5P. The van der Waals surface area contributed by atoms with Gasteiger partial charge in [0.2, 0.25) is 0 Å². The third-order valence-corrected chi connectivity index (χ3v) is 2.04. The number of amides is 1. The molecule has 0 bridgehead atoms. The highest BCUT2D eigenvalue weighted by Gasteiger charge is 2.10. The van der Waals surface area contributed by atoms with E-state index in [2.05, 4.69) is 5.32 Å². The van der Waals surface area contributed by atoms with Gasteiger partial charge in [0.15, 0.2) is 0 Å². The number of nitrogens with two attached hydrogens (primary N) is 1. The molecule has 6 N–H and O–H groups in total. The summed E-state index contributed by atoms with van der Waals surface area (Å²) >= 11 is 5.79. The summed E-state index contributed by atoms with van der Waals surface area (Å²) in [5.74, 6) is -0.219. The molecule has 1 aromatic carbocycles. The molecule has 0 aliphatic heterocycles. The molecule has 18 heavy (non-hydrogen) atoms. The summed E-state index contributed by atoms with van der Waals surface area (Å²) in [5.41, 5.74) is 7.42. The number of hydrogen-bond donors (Lipinski definition) is 5. The molecule has 1 amide bonds. The number of hydrogen-bond acceptors (Lipinski definition) is 3. The molecule has 0 unspecified atom stereocenters. The number of nitrogens with one attached hydrogen (secondary N) is 1. The number of phosphoric acid groups is 1. The number of aryl methyl sites for hydroxylation is 1. The van der Waals surface area contributed by atoms with E-state index in [0.29, 0.717) is 16.3 Å². The van der Waals surface area contributed by atoms with Crippen LogP contribution in [0.1, 0.15) is 15.9 Å². The normalized spacial score (nSPS) is 10.3. The van der Waals surface area contributed by atoms with Gasteiger partial charge in [-0.05, 0) is 24.6 Å². The van der Waals surface area contributed by atoms with Gasteiger partial charge in [0.25, 0.3) is 5.91 Å². The van der Waals surface area contributed by atoms with E-state index in [1.54, 1.807) is 19.2 Å². The minimum Gasteiger partial charge on any atom is -0.398 e. The molecule has 1 aromatic rings. The Kier molecular flexibility index (Phi) is 6.31. The number of rotatable bonds is 1. The predicted octanol–water partition coefficient (Wildman–Crippen LogP) is 0.662. The van der Waals surface area contributed by atoms with E-state index in [9.17, 15) is 4.79 Å². The van der Waals surface area contributed by atoms with Crippen LogP contribution in [0.2, 0.25) is 5.02 Å². The molecule has 0 atom stereocenters. The molecule has 0 aliphatic carbocycles. The van der Waals surface area contributed by atoms with Crippen LogP contribution in [0.4, 0.5) is 5.69 Å². The van der Waals surface area contributed by atoms with E-state index in [4.69, 9.17) is 36.6 Å². The van der Waals surface area contributed by atoms with E-state index in [1.807, 2.05) is 6.92 Å². The van der Waals surface area contributed by atoms with Crippen LogP contribution in [0.3, 0.4) is 0 Å². The van der Waals surface area contributed by atoms with Crippen LogP contribution in [0, 0.1) is 6.92 Å². The van der Waals surface area contributed by atoms with Gasteiger partial charge in [-0.15, -0.1) is 0 Å². The van der Waals surface area contributed by atoms with Gasteiger partial charge in [-0.25, -0.2) is 4.57 Å². The second kappa shape index (κ2) is 6.72. The number of carbonyl (C=O) groups excluding carboxylic acids is 1. The highest BCUT2D eigenvalue weighted by atomic mass is 35.5. The zero-order chi connectivity index (χ0) is 14.5. The van der Waals surface area contributed by atoms with Crippen molar-refractivity contribution in [1.82, 2.24) is 5.32 Å². The van der Waals surface area contributed by atoms with Crippen LogP contribution in [0.25, 0.3) is 0 Å². The smallest absolute Gasteiger partial charge is 0.398 e. The quantitative estimate of drug-likeness (QED) is 0.382. The zero-order valence-electron chi connectivity index (χ0n) is 9.72. The molecule has 0 aromatic heterocycles. The van der Waals surface area contributed by atoms with Crippen molar-refractivity contribution >= 4 is 31.0 Å². The van der Waals surface area contributed by atoms with Crippen LogP contribution in [-0.4, -0.2) is 27.6 Å². The number of anilines is 1. The first-order valence-electron chi connectivity index (χ1n) is 4.62. The van der Waals surface area contributed by atoms with Gasteiger partial charge in [-0.3, -0.25) is 4.79 Å². The lowest BCUT2D eigenvalue weighted by atomic mass is 10.1. The van der Waals surface area contributed by atoms with Crippen LogP contribution in [0.15, 0.2) is 12.1 Å². The molecule has 102 valence electrons. The van der Waals surface area contributed by atoms with E-state index >= 15 is 0 Å². The van der Waals surface area contributed by atoms with Crippen LogP contribution >= 0.6 is 19.4 Å². The maximum atomic E-state index is 11.3. The van der Waals surface area contributed by atoms with E-state index in [1.165, 1.54) is 0 Å². The number of carbonyl (C=O) groups is 1. The van der Waals surface area contributed by atoms with Crippen molar-refractivity contribution in [3.05, 3.63) is 28.3 Å². The van der Waals surface area contributed by atoms with Gasteiger partial charge in [0.05, 0.1) is 5.56 Å². The molecular weight excluding hydrogens is 283 g/mol. The van der Waals surface area contributed by atoms with E-state index < -0.39 is 7.82 Å². The lowest BCUT2D eigenvalue weighted by Crippen LogP contribution is -2.19. The summed E-state index contributed by atoms with van der Waals surface area (Å²) in [6.07, 6.45) is 0. The van der Waals surface area contributed by atoms with Crippen molar-refractivity contribution in [2.24, 2.45) is 0 Å². The maximum Gasteiger partial charge on any atom is 0.466 e. The topological polar surface area (TPSA) is 133 Å². The van der Waals surface area contributed by atoms with Gasteiger partial charge in [0.1, 0.15) is 0 Å². The van der Waals surface area contributed by atoms with Crippen molar-refractivity contribution < 1.29 is 24.0 Å². The van der Waals surface area contributed by atoms with E-state index in [-0.39, 0.29) is 5.91 Å². The van der Waals surface area contributed by atoms with Crippen LogP contribution < -0.4 is 11.1 Å². The highest BCUT2D eigenvalue weighted by molar-refractivity contribution is 7.45. The average molecular weight is 297 g/mol. The van der Waals surface area contributed by atoms with Gasteiger partial charge in [-0.1, -0.05) is 11.6 Å². The first-order valence-corrected chi connectivity index (χ1v) is 6.56. The predicted molar refractivity (Wildman–Crippen MR) is 68.3 cm³/mol. The standard InChI is InChI=1S/C9H11ClN2O.H3O4P/c1-5-3-6(10)4-7(8(5)11)9(13)12-2;1-5(2,3)4/h3-4H,11H2,1-2H3,(H,12,13);(H3,1,2,3,4). The molecule has 0 saturated carbocycles. The Morgan fingerprint density at radius 2 is 1.83 bits per heavy atom. The molecule has 1 rings (SSSR count). The summed E-state index contributed by atoms with van der Waals surface area (Å²) in [5, 5.41) is 3.02. The molecule has 0 saturated heterocycles. The first-order chi connectivity index (χ1) is 8.06. The molecule has 0 spiro atoms. The van der Waals surface area contributed by atoms with Gasteiger partial charge >= 0.3 is 7.82 Å². The zero-order valence-corrected chi connectivity index (χ0v) is 11.4. The fraction of sp³-hybridized carbons (Fsp3) is 0.222. The Morgan fingerprint density at radius 1 is 1.39 bits per heavy atom. The Bertz CT molecular complexity index is 480. The van der Waals surface area contributed by atoms with Crippen LogP contribution in [0.5, 0.6) is 0 Å². The number of nitrogen functional groups attached to an aromatic ring is 1. The molecule has 0 radical (unpaired) electrons. The third-order valence-electron chi connectivity index (χ3n) is 1.82. The van der Waals surface area contributed by atoms with Crippen molar-refractivity contribution in [3.63, 3.8) is 0 Å². The summed E-state index contributed by atoms with van der Waals surface area (Å²) in [6.45, 7) is 1.81. The lowest BCUT2D eigenvalue weighted by molar-refractivity contribution is 0.0964. The van der Waals surface area contributed by atoms with Crippen molar-refractivity contribution in [1.29, 1.82) is 0 Å². The summed E-state index contributed by atoms with van der Waals surface area (Å²) in [4.78, 5) is 32.9. The van der Waals surface area contributed by atoms with Gasteiger partial charge < -0.3 is 25.7 Å². The molecule has 7 nitrogen and oxygen atoms in total. The Labute approximate surface area is 109 Å². The fourth-order valence-electron chi connectivity index (χ4n) is 1.08. The summed E-state index contributed by atoms with van der Waals surface area (Å²) in [7, 11) is -3.09. The first kappa shape index (κ1) is 16.9. The largest absolute Gasteiger partial charge is 0.466 e. The summed E-state index contributed by atoms with van der Waals surface area (Å²) < 4.78 is 8.88. The number of benzene rings is 1. The fourth-order valence-corrected chi connectivity index (χ4v) is 1.35.